The third-order valence-electron chi connectivity index (χ3n) is 5.93. The fourth-order valence-electron chi connectivity index (χ4n) is 4.13. The van der Waals surface area contributed by atoms with Gasteiger partial charge in [0.2, 0.25) is 5.91 Å². The van der Waals surface area contributed by atoms with Gasteiger partial charge in [0, 0.05) is 4.88 Å². The zero-order chi connectivity index (χ0) is 25.5. The van der Waals surface area contributed by atoms with E-state index in [2.05, 4.69) is 15.1 Å². The fourth-order valence-corrected chi connectivity index (χ4v) is 5.50. The third kappa shape index (κ3) is 6.76. The summed E-state index contributed by atoms with van der Waals surface area (Å²) in [6.07, 6.45) is 3.65. The van der Waals surface area contributed by atoms with Crippen LogP contribution in [0.4, 0.5) is 5.69 Å². The average molecular weight is 529 g/mol. The number of ether oxygens (including phenoxy) is 1. The van der Waals surface area contributed by atoms with Gasteiger partial charge < -0.3 is 14.6 Å². The first-order chi connectivity index (χ1) is 17.4. The molecule has 1 amide bonds. The Bertz CT molecular complexity index is 1190. The van der Waals surface area contributed by atoms with Crippen molar-refractivity contribution in [2.45, 2.75) is 38.1 Å². The van der Waals surface area contributed by atoms with E-state index in [4.69, 9.17) is 9.72 Å². The van der Waals surface area contributed by atoms with Gasteiger partial charge in [-0.2, -0.15) is 4.28 Å². The second-order valence-electron chi connectivity index (χ2n) is 8.39. The van der Waals surface area contributed by atoms with Gasteiger partial charge in [-0.05, 0) is 55.4 Å². The zero-order valence-electron chi connectivity index (χ0n) is 19.6. The van der Waals surface area contributed by atoms with Crippen molar-refractivity contribution in [1.82, 2.24) is 10.3 Å². The first-order valence-corrected chi connectivity index (χ1v) is 13.3. The maximum absolute atomic E-state index is 13.4. The zero-order valence-corrected chi connectivity index (χ0v) is 21.2. The third-order valence-corrected chi connectivity index (χ3v) is 7.42. The van der Waals surface area contributed by atoms with E-state index in [0.29, 0.717) is 12.1 Å². The van der Waals surface area contributed by atoms with Crippen molar-refractivity contribution in [2.24, 2.45) is 5.92 Å². The molecule has 3 aromatic rings. The van der Waals surface area contributed by atoms with Gasteiger partial charge >= 0.3 is 5.97 Å². The summed E-state index contributed by atoms with van der Waals surface area (Å²) < 4.78 is 30.5. The lowest BCUT2D eigenvalue weighted by Gasteiger charge is -2.21. The lowest BCUT2D eigenvalue weighted by atomic mass is 9.97. The number of esters is 1. The van der Waals surface area contributed by atoms with Crippen LogP contribution in [0, 0.1) is 5.92 Å². The molecule has 190 valence electrons. The molecule has 0 saturated heterocycles. The molecule has 11 heteroatoms. The van der Waals surface area contributed by atoms with Gasteiger partial charge in [0.25, 0.3) is 0 Å². The van der Waals surface area contributed by atoms with E-state index < -0.39 is 35.2 Å². The monoisotopic (exact) mass is 528 g/mol. The fraction of sp³-hybridized carbons (Fsp3) is 0.320. The molecule has 1 aliphatic rings. The van der Waals surface area contributed by atoms with E-state index in [9.17, 15) is 18.4 Å². The number of amides is 1. The highest BCUT2D eigenvalue weighted by Crippen LogP contribution is 2.32. The molecule has 4 rings (SSSR count). The van der Waals surface area contributed by atoms with E-state index in [0.717, 1.165) is 41.1 Å². The summed E-state index contributed by atoms with van der Waals surface area (Å²) in [6.45, 7) is 0. The number of carbonyl (C=O) groups excluding carboxylic acids is 2. The van der Waals surface area contributed by atoms with Crippen LogP contribution >= 0.6 is 11.3 Å². The second-order valence-corrected chi connectivity index (χ2v) is 10.1. The van der Waals surface area contributed by atoms with Gasteiger partial charge in [-0.1, -0.05) is 42.5 Å². The van der Waals surface area contributed by atoms with Crippen LogP contribution in [0.2, 0.25) is 0 Å². The summed E-state index contributed by atoms with van der Waals surface area (Å²) in [5.74, 6) is -2.01. The summed E-state index contributed by atoms with van der Waals surface area (Å²) >= 11 is -1.09. The number of hydrogen-bond donors (Lipinski definition) is 2. The highest BCUT2D eigenvalue weighted by atomic mass is 32.2. The quantitative estimate of drug-likeness (QED) is 0.168. The number of nitrogens with zero attached hydrogens (tertiary/aromatic N) is 1. The largest absolute Gasteiger partial charge is 0.748 e. The average Bonchev–Trinajstić information content (AvgIpc) is 3.49. The topological polar surface area (TPSA) is 130 Å². The number of methoxy groups -OCH3 is 1. The summed E-state index contributed by atoms with van der Waals surface area (Å²) in [7, 11) is 1.28. The van der Waals surface area contributed by atoms with Gasteiger partial charge in [0.05, 0.1) is 24.5 Å². The van der Waals surface area contributed by atoms with Crippen molar-refractivity contribution < 1.29 is 27.4 Å². The minimum Gasteiger partial charge on any atom is -0.748 e. The molecule has 3 atom stereocenters. The molecule has 1 aliphatic carbocycles. The smallest absolute Gasteiger partial charge is 0.318 e. The van der Waals surface area contributed by atoms with Gasteiger partial charge in [-0.25, -0.2) is 9.19 Å². The number of carbonyl (C=O) groups is 2. The molecule has 0 saturated carbocycles. The van der Waals surface area contributed by atoms with Crippen LogP contribution in [-0.2, 0) is 55.7 Å². The first kappa shape index (κ1) is 26.0. The number of rotatable bonds is 11. The molecule has 0 bridgehead atoms. The van der Waals surface area contributed by atoms with Crippen molar-refractivity contribution in [3.63, 3.8) is 0 Å². The lowest BCUT2D eigenvalue weighted by molar-refractivity contribution is -0.150. The Morgan fingerprint density at radius 1 is 1.08 bits per heavy atom. The van der Waals surface area contributed by atoms with Gasteiger partial charge in [0.1, 0.15) is 22.3 Å². The predicted molar refractivity (Wildman–Crippen MR) is 134 cm³/mol. The Hall–Kier alpha value is -3.12. The van der Waals surface area contributed by atoms with E-state index >= 15 is 0 Å². The predicted octanol–water partition coefficient (Wildman–Crippen LogP) is 3.20. The van der Waals surface area contributed by atoms with Crippen LogP contribution in [0.15, 0.2) is 54.6 Å². The van der Waals surface area contributed by atoms with Crippen LogP contribution < -0.4 is 10.8 Å². The normalized spacial score (nSPS) is 14.9. The van der Waals surface area contributed by atoms with Crippen molar-refractivity contribution in [1.29, 1.82) is 0 Å². The molecule has 1 aromatic heterocycles. The summed E-state index contributed by atoms with van der Waals surface area (Å²) in [5, 5.41) is 3.84. The van der Waals surface area contributed by atoms with Crippen LogP contribution in [0.1, 0.15) is 39.2 Å². The van der Waals surface area contributed by atoms with E-state index in [1.54, 1.807) is 23.5 Å². The van der Waals surface area contributed by atoms with Gasteiger partial charge in [-0.15, -0.1) is 11.3 Å². The maximum Gasteiger partial charge on any atom is 0.318 e. The molecule has 1 heterocycles. The number of fused-ring (bicyclic) bond motifs is 1. The van der Waals surface area contributed by atoms with E-state index in [-0.39, 0.29) is 6.42 Å². The number of benzene rings is 2. The number of hydrogen-bond acceptors (Lipinski definition) is 9. The van der Waals surface area contributed by atoms with Crippen molar-refractivity contribution in [2.75, 3.05) is 12.6 Å². The summed E-state index contributed by atoms with van der Waals surface area (Å²) in [5.41, 5.74) is 5.61. The Kier molecular flexibility index (Phi) is 8.81. The van der Waals surface area contributed by atoms with Crippen LogP contribution in [0.3, 0.4) is 0 Å². The molecule has 0 spiro atoms. The molecule has 1 unspecified atom stereocenters. The Labute approximate surface area is 215 Å². The molecule has 2 N–H and O–H groups in total. The Morgan fingerprint density at radius 2 is 1.81 bits per heavy atom. The maximum atomic E-state index is 13.4. The Balaban J connectivity index is 1.54. The number of nitrogens with one attached hydrogen (secondary N) is 2. The second kappa shape index (κ2) is 12.2. The highest BCUT2D eigenvalue weighted by molar-refractivity contribution is 7.74. The van der Waals surface area contributed by atoms with Gasteiger partial charge in [0.15, 0.2) is 0 Å². The molecule has 0 fully saturated rings. The van der Waals surface area contributed by atoms with Crippen LogP contribution in [0.25, 0.3) is 0 Å². The number of aromatic nitrogens is 1. The number of thiazole rings is 1. The number of anilines is 1. The van der Waals surface area contributed by atoms with E-state index in [1.165, 1.54) is 12.0 Å². The highest BCUT2D eigenvalue weighted by Gasteiger charge is 2.31. The summed E-state index contributed by atoms with van der Waals surface area (Å²) in [6, 6.07) is 15.9. The van der Waals surface area contributed by atoms with E-state index in [1.807, 2.05) is 42.5 Å². The molecule has 0 radical (unpaired) electrons. The summed E-state index contributed by atoms with van der Waals surface area (Å²) in [4.78, 5) is 32.0. The molecule has 0 aliphatic heterocycles. The minimum atomic E-state index is -2.69. The van der Waals surface area contributed by atoms with Crippen molar-refractivity contribution in [3.8, 4) is 0 Å². The molecular formula is C25H26N3O6S2-. The standard InChI is InChI=1S/C25H27N3O6S2/c1-33-25(30)19(14-16-6-3-2-4-7-16)23(29)26-21(24-27-20-8-5-9-22(20)35-24)15-17-10-12-18(13-11-17)28-34-36(31)32/h2-4,6-7,10-13,19,21,28H,5,8-9,14-15H2,1H3,(H,26,29)(H,31,32)/p-1/t19-,21-/m0/s1. The van der Waals surface area contributed by atoms with Crippen molar-refractivity contribution >= 4 is 40.3 Å². The minimum absolute atomic E-state index is 0.224. The van der Waals surface area contributed by atoms with Crippen LogP contribution in [-0.4, -0.2) is 32.7 Å². The molecule has 2 aromatic carbocycles. The lowest BCUT2D eigenvalue weighted by Crippen LogP contribution is -2.40. The Morgan fingerprint density at radius 3 is 2.47 bits per heavy atom. The van der Waals surface area contributed by atoms with Gasteiger partial charge in [-0.3, -0.25) is 15.1 Å². The van der Waals surface area contributed by atoms with Crippen LogP contribution in [0.5, 0.6) is 0 Å². The molecule has 9 nitrogen and oxygen atoms in total. The van der Waals surface area contributed by atoms with Crippen molar-refractivity contribution in [3.05, 3.63) is 81.3 Å². The molecule has 36 heavy (non-hydrogen) atoms. The SMILES string of the molecule is COC(=O)[C@@H](Cc1ccccc1)C(=O)N[C@@H](Cc1ccc(NOS(=O)[O-])cc1)c1nc2c(s1)CCC2. The molecular weight excluding hydrogens is 502 g/mol. The number of aryl methyl sites for hydroxylation is 2. The first-order valence-electron chi connectivity index (χ1n) is 11.4.